The van der Waals surface area contributed by atoms with Crippen molar-refractivity contribution in [1.82, 2.24) is 4.90 Å². The molecular formula is C13H18BrNO2. The van der Waals surface area contributed by atoms with Crippen molar-refractivity contribution in [2.75, 3.05) is 13.1 Å². The molecule has 0 spiro atoms. The molecule has 4 heteroatoms. The van der Waals surface area contributed by atoms with Crippen molar-refractivity contribution in [2.24, 2.45) is 5.92 Å². The van der Waals surface area contributed by atoms with Crippen molar-refractivity contribution in [3.63, 3.8) is 0 Å². The van der Waals surface area contributed by atoms with Gasteiger partial charge in [0.2, 0.25) is 0 Å². The molecule has 0 saturated heterocycles. The van der Waals surface area contributed by atoms with Crippen molar-refractivity contribution >= 4 is 21.9 Å². The zero-order valence-electron chi connectivity index (χ0n) is 10.2. The summed E-state index contributed by atoms with van der Waals surface area (Å²) in [6.07, 6.45) is 0. The molecule has 0 unspecified atom stereocenters. The minimum absolute atomic E-state index is 0.0829. The summed E-state index contributed by atoms with van der Waals surface area (Å²) in [5, 5.41) is 8.89. The van der Waals surface area contributed by atoms with Crippen LogP contribution < -0.4 is 0 Å². The van der Waals surface area contributed by atoms with Gasteiger partial charge in [-0.1, -0.05) is 48.0 Å². The second kappa shape index (κ2) is 6.77. The summed E-state index contributed by atoms with van der Waals surface area (Å²) in [6.45, 7) is 5.71. The first-order valence-electron chi connectivity index (χ1n) is 5.66. The fourth-order valence-electron chi connectivity index (χ4n) is 1.76. The highest BCUT2D eigenvalue weighted by atomic mass is 79.9. The van der Waals surface area contributed by atoms with E-state index in [2.05, 4.69) is 29.8 Å². The minimum atomic E-state index is -0.780. The fourth-order valence-corrected chi connectivity index (χ4v) is 2.17. The van der Waals surface area contributed by atoms with E-state index in [1.807, 2.05) is 29.2 Å². The number of carboxylic acids is 1. The van der Waals surface area contributed by atoms with E-state index in [1.165, 1.54) is 0 Å². The van der Waals surface area contributed by atoms with Crippen LogP contribution in [0.4, 0.5) is 0 Å². The van der Waals surface area contributed by atoms with Crippen LogP contribution in [-0.4, -0.2) is 29.1 Å². The lowest BCUT2D eigenvalue weighted by Gasteiger charge is -2.22. The van der Waals surface area contributed by atoms with E-state index >= 15 is 0 Å². The Kier molecular flexibility index (Phi) is 5.65. The van der Waals surface area contributed by atoms with Crippen LogP contribution in [0.2, 0.25) is 0 Å². The van der Waals surface area contributed by atoms with Crippen molar-refractivity contribution in [3.05, 3.63) is 34.3 Å². The van der Waals surface area contributed by atoms with Crippen LogP contribution in [0.1, 0.15) is 19.4 Å². The average molecular weight is 300 g/mol. The van der Waals surface area contributed by atoms with Gasteiger partial charge in [-0.25, -0.2) is 0 Å². The van der Waals surface area contributed by atoms with E-state index in [4.69, 9.17) is 5.11 Å². The van der Waals surface area contributed by atoms with Gasteiger partial charge in [0.15, 0.2) is 0 Å². The van der Waals surface area contributed by atoms with Gasteiger partial charge in [-0.05, 0) is 17.5 Å². The van der Waals surface area contributed by atoms with E-state index < -0.39 is 5.97 Å². The maximum Gasteiger partial charge on any atom is 0.317 e. The van der Waals surface area contributed by atoms with Crippen LogP contribution in [0.15, 0.2) is 28.7 Å². The van der Waals surface area contributed by atoms with Gasteiger partial charge in [0.1, 0.15) is 0 Å². The summed E-state index contributed by atoms with van der Waals surface area (Å²) >= 11 is 3.48. The summed E-state index contributed by atoms with van der Waals surface area (Å²) in [7, 11) is 0. The van der Waals surface area contributed by atoms with E-state index in [0.717, 1.165) is 16.6 Å². The third-order valence-electron chi connectivity index (χ3n) is 2.33. The first-order chi connectivity index (χ1) is 7.99. The molecule has 0 atom stereocenters. The summed E-state index contributed by atoms with van der Waals surface area (Å²) in [5.41, 5.74) is 1.12. The number of aliphatic carboxylic acids is 1. The Morgan fingerprint density at radius 1 is 1.41 bits per heavy atom. The van der Waals surface area contributed by atoms with E-state index in [0.29, 0.717) is 12.5 Å². The number of hydrogen-bond donors (Lipinski definition) is 1. The molecule has 3 nitrogen and oxygen atoms in total. The Hall–Kier alpha value is -0.870. The molecule has 0 aromatic heterocycles. The van der Waals surface area contributed by atoms with Crippen LogP contribution in [0, 0.1) is 5.92 Å². The third kappa shape index (κ3) is 5.33. The van der Waals surface area contributed by atoms with Crippen LogP contribution in [0.25, 0.3) is 0 Å². The molecular weight excluding hydrogens is 282 g/mol. The number of carbonyl (C=O) groups is 1. The molecule has 0 bridgehead atoms. The van der Waals surface area contributed by atoms with Gasteiger partial charge < -0.3 is 5.11 Å². The average Bonchev–Trinajstić information content (AvgIpc) is 2.19. The van der Waals surface area contributed by atoms with Gasteiger partial charge in [0, 0.05) is 17.6 Å². The Morgan fingerprint density at radius 2 is 2.06 bits per heavy atom. The van der Waals surface area contributed by atoms with Crippen LogP contribution in [0.5, 0.6) is 0 Å². The molecule has 1 aromatic carbocycles. The Balaban J connectivity index is 2.71. The van der Waals surface area contributed by atoms with E-state index in [1.54, 1.807) is 0 Å². The summed E-state index contributed by atoms with van der Waals surface area (Å²) < 4.78 is 1.03. The van der Waals surface area contributed by atoms with Gasteiger partial charge in [-0.15, -0.1) is 0 Å². The summed E-state index contributed by atoms with van der Waals surface area (Å²) in [5.74, 6) is -0.324. The number of nitrogens with zero attached hydrogens (tertiary/aromatic N) is 1. The van der Waals surface area contributed by atoms with Crippen molar-refractivity contribution in [2.45, 2.75) is 20.4 Å². The van der Waals surface area contributed by atoms with Crippen molar-refractivity contribution < 1.29 is 9.90 Å². The minimum Gasteiger partial charge on any atom is -0.480 e. The second-order valence-electron chi connectivity index (χ2n) is 4.55. The van der Waals surface area contributed by atoms with Gasteiger partial charge in [0.05, 0.1) is 6.54 Å². The molecule has 17 heavy (non-hydrogen) atoms. The highest BCUT2D eigenvalue weighted by Crippen LogP contribution is 2.18. The fraction of sp³-hybridized carbons (Fsp3) is 0.462. The summed E-state index contributed by atoms with van der Waals surface area (Å²) in [6, 6.07) is 7.91. The SMILES string of the molecule is CC(C)CN(CC(=O)O)Cc1ccccc1Br. The molecule has 0 fully saturated rings. The predicted octanol–water partition coefficient (Wildman–Crippen LogP) is 2.99. The Labute approximate surface area is 111 Å². The van der Waals surface area contributed by atoms with Gasteiger partial charge in [0.25, 0.3) is 0 Å². The molecule has 0 aliphatic heterocycles. The highest BCUT2D eigenvalue weighted by molar-refractivity contribution is 9.10. The lowest BCUT2D eigenvalue weighted by molar-refractivity contribution is -0.138. The molecule has 0 saturated carbocycles. The lowest BCUT2D eigenvalue weighted by Crippen LogP contribution is -2.32. The largest absolute Gasteiger partial charge is 0.480 e. The molecule has 1 rings (SSSR count). The Morgan fingerprint density at radius 3 is 2.59 bits per heavy atom. The topological polar surface area (TPSA) is 40.5 Å². The lowest BCUT2D eigenvalue weighted by atomic mass is 10.1. The monoisotopic (exact) mass is 299 g/mol. The zero-order valence-corrected chi connectivity index (χ0v) is 11.8. The van der Waals surface area contributed by atoms with Crippen molar-refractivity contribution in [3.8, 4) is 0 Å². The normalized spacial score (nSPS) is 11.1. The van der Waals surface area contributed by atoms with Gasteiger partial charge in [-0.2, -0.15) is 0 Å². The van der Waals surface area contributed by atoms with Crippen molar-refractivity contribution in [1.29, 1.82) is 0 Å². The molecule has 0 heterocycles. The standard InChI is InChI=1S/C13H18BrNO2/c1-10(2)7-15(9-13(16)17)8-11-5-3-4-6-12(11)14/h3-6,10H,7-9H2,1-2H3,(H,16,17). The third-order valence-corrected chi connectivity index (χ3v) is 3.11. The molecule has 0 aliphatic carbocycles. The number of benzene rings is 1. The Bertz CT molecular complexity index is 379. The molecule has 0 radical (unpaired) electrons. The maximum absolute atomic E-state index is 10.8. The predicted molar refractivity (Wildman–Crippen MR) is 71.9 cm³/mol. The quantitative estimate of drug-likeness (QED) is 0.878. The van der Waals surface area contributed by atoms with Crippen LogP contribution in [0.3, 0.4) is 0 Å². The molecule has 1 aromatic rings. The smallest absolute Gasteiger partial charge is 0.317 e. The van der Waals surface area contributed by atoms with E-state index in [-0.39, 0.29) is 6.54 Å². The first-order valence-corrected chi connectivity index (χ1v) is 6.46. The maximum atomic E-state index is 10.8. The van der Waals surface area contributed by atoms with Gasteiger partial charge in [-0.3, -0.25) is 9.69 Å². The summed E-state index contributed by atoms with van der Waals surface area (Å²) in [4.78, 5) is 12.8. The highest BCUT2D eigenvalue weighted by Gasteiger charge is 2.13. The van der Waals surface area contributed by atoms with Gasteiger partial charge >= 0.3 is 5.97 Å². The number of hydrogen-bond acceptors (Lipinski definition) is 2. The number of halogens is 1. The molecule has 1 N–H and O–H groups in total. The number of rotatable bonds is 6. The van der Waals surface area contributed by atoms with Crippen LogP contribution >= 0.6 is 15.9 Å². The first kappa shape index (κ1) is 14.2. The number of carboxylic acid groups (broad SMARTS) is 1. The second-order valence-corrected chi connectivity index (χ2v) is 5.40. The molecule has 94 valence electrons. The molecule has 0 aliphatic rings. The van der Waals surface area contributed by atoms with Crippen LogP contribution in [-0.2, 0) is 11.3 Å². The van der Waals surface area contributed by atoms with E-state index in [9.17, 15) is 4.79 Å². The molecule has 0 amide bonds. The zero-order chi connectivity index (χ0) is 12.8.